The fraction of sp³-hybridized carbons (Fsp3) is 0.286. The maximum atomic E-state index is 13.0. The lowest BCUT2D eigenvalue weighted by Crippen LogP contribution is -2.15. The Morgan fingerprint density at radius 2 is 1.29 bits per heavy atom. The molecule has 0 saturated heterocycles. The van der Waals surface area contributed by atoms with E-state index in [-0.39, 0.29) is 24.2 Å². The van der Waals surface area contributed by atoms with E-state index in [0.717, 1.165) is 18.2 Å². The molecule has 0 bridgehead atoms. The summed E-state index contributed by atoms with van der Waals surface area (Å²) in [4.78, 5) is 23.9. The van der Waals surface area contributed by atoms with E-state index in [9.17, 15) is 35.9 Å². The van der Waals surface area contributed by atoms with E-state index in [0.29, 0.717) is 17.6 Å². The lowest BCUT2D eigenvalue weighted by atomic mass is 10.1. The molecule has 0 fully saturated rings. The molecule has 2 aromatic rings. The van der Waals surface area contributed by atoms with Gasteiger partial charge in [0.2, 0.25) is 11.8 Å². The van der Waals surface area contributed by atoms with E-state index in [1.54, 1.807) is 0 Å². The second-order valence-electron chi connectivity index (χ2n) is 6.91. The number of amides is 2. The van der Waals surface area contributed by atoms with Crippen molar-refractivity contribution in [1.29, 1.82) is 5.26 Å². The summed E-state index contributed by atoms with van der Waals surface area (Å²) in [6.07, 6.45) is -9.40. The molecule has 6 nitrogen and oxygen atoms in total. The monoisotopic (exact) mass is 536 g/mol. The number of rotatable bonds is 9. The van der Waals surface area contributed by atoms with E-state index in [1.807, 2.05) is 0 Å². The number of nitriles is 1. The second kappa shape index (κ2) is 12.1. The summed E-state index contributed by atoms with van der Waals surface area (Å²) < 4.78 is 77.6. The van der Waals surface area contributed by atoms with Gasteiger partial charge in [0.15, 0.2) is 0 Å². The summed E-state index contributed by atoms with van der Waals surface area (Å²) in [6.45, 7) is 0. The van der Waals surface area contributed by atoms with Crippen molar-refractivity contribution in [3.63, 3.8) is 0 Å². The number of nitrogens with two attached hydrogens (primary N) is 1. The van der Waals surface area contributed by atoms with Gasteiger partial charge in [-0.05, 0) is 36.4 Å². The van der Waals surface area contributed by atoms with Crippen LogP contribution in [0.2, 0.25) is 0 Å². The third kappa shape index (κ3) is 8.91. The molecule has 35 heavy (non-hydrogen) atoms. The predicted molar refractivity (Wildman–Crippen MR) is 123 cm³/mol. The minimum absolute atomic E-state index is 0.00104. The van der Waals surface area contributed by atoms with Crippen molar-refractivity contribution < 1.29 is 35.9 Å². The molecule has 0 heterocycles. The molecule has 14 heteroatoms. The molecule has 2 amide bonds. The van der Waals surface area contributed by atoms with Crippen molar-refractivity contribution >= 4 is 50.5 Å². The van der Waals surface area contributed by atoms with Gasteiger partial charge in [0.25, 0.3) is 0 Å². The Balaban J connectivity index is 1.71. The van der Waals surface area contributed by atoms with Gasteiger partial charge in [0, 0.05) is 41.4 Å². The van der Waals surface area contributed by atoms with Crippen LogP contribution in [0.5, 0.6) is 0 Å². The topological polar surface area (TPSA) is 108 Å². The molecule has 0 spiro atoms. The van der Waals surface area contributed by atoms with Crippen LogP contribution in [-0.2, 0) is 21.9 Å². The minimum atomic E-state index is -4.74. The Labute approximate surface area is 204 Å². The van der Waals surface area contributed by atoms with E-state index < -0.39 is 46.5 Å². The molecule has 0 aliphatic rings. The first-order chi connectivity index (χ1) is 16.3. The zero-order valence-corrected chi connectivity index (χ0v) is 19.4. The van der Waals surface area contributed by atoms with Crippen LogP contribution in [0.25, 0.3) is 0 Å². The van der Waals surface area contributed by atoms with Crippen LogP contribution in [0.1, 0.15) is 29.5 Å². The summed E-state index contributed by atoms with van der Waals surface area (Å²) in [5.41, 5.74) is 1.98. The summed E-state index contributed by atoms with van der Waals surface area (Å²) in [7, 11) is 2.50. The summed E-state index contributed by atoms with van der Waals surface area (Å²) >= 11 is 0. The number of benzene rings is 2. The average Bonchev–Trinajstić information content (AvgIpc) is 2.76. The number of carbonyl (C=O) groups is 2. The first-order valence-electron chi connectivity index (χ1n) is 9.73. The number of halogens is 6. The van der Waals surface area contributed by atoms with Gasteiger partial charge in [-0.2, -0.15) is 31.6 Å². The van der Waals surface area contributed by atoms with Gasteiger partial charge in [-0.15, -0.1) is 0 Å². The van der Waals surface area contributed by atoms with E-state index >= 15 is 0 Å². The van der Waals surface area contributed by atoms with Crippen LogP contribution < -0.4 is 16.4 Å². The van der Waals surface area contributed by atoms with Crippen molar-refractivity contribution in [3.8, 4) is 6.07 Å². The van der Waals surface area contributed by atoms with Gasteiger partial charge >= 0.3 is 12.4 Å². The molecule has 0 unspecified atom stereocenters. The lowest BCUT2D eigenvalue weighted by molar-refractivity contribution is -0.138. The smallest absolute Gasteiger partial charge is 0.398 e. The van der Waals surface area contributed by atoms with Crippen LogP contribution in [0.3, 0.4) is 0 Å². The Morgan fingerprint density at radius 1 is 0.829 bits per heavy atom. The molecule has 0 aliphatic carbocycles. The lowest BCUT2D eigenvalue weighted by Gasteiger charge is -2.12. The number of hydrogen-bond donors (Lipinski definition) is 3. The fourth-order valence-corrected chi connectivity index (χ4v) is 4.65. The molecule has 2 rings (SSSR count). The molecule has 2 aromatic carbocycles. The number of alkyl halides is 6. The maximum absolute atomic E-state index is 13.0. The normalized spacial score (nSPS) is 11.6. The molecular weight excluding hydrogens is 518 g/mol. The van der Waals surface area contributed by atoms with Crippen molar-refractivity contribution in [2.24, 2.45) is 0 Å². The average molecular weight is 537 g/mol. The molecule has 188 valence electrons. The molecular formula is C21H18F6N4O2S2. The quantitative estimate of drug-likeness (QED) is 0.159. The Morgan fingerprint density at radius 3 is 1.74 bits per heavy atom. The molecule has 4 N–H and O–H groups in total. The molecule has 0 atom stereocenters. The van der Waals surface area contributed by atoms with Gasteiger partial charge in [-0.3, -0.25) is 9.59 Å². The largest absolute Gasteiger partial charge is 0.418 e. The first-order valence-corrected chi connectivity index (χ1v) is 12.2. The first kappa shape index (κ1) is 28.2. The molecule has 0 aliphatic heterocycles. The highest BCUT2D eigenvalue weighted by Gasteiger charge is 2.34. The second-order valence-corrected chi connectivity index (χ2v) is 9.61. The van der Waals surface area contributed by atoms with Crippen LogP contribution in [0.4, 0.5) is 43.4 Å². The van der Waals surface area contributed by atoms with Gasteiger partial charge in [-0.1, -0.05) is 21.6 Å². The van der Waals surface area contributed by atoms with Gasteiger partial charge in [0.1, 0.15) is 0 Å². The molecule has 0 radical (unpaired) electrons. The molecule has 0 saturated carbocycles. The number of nitrogens with zero attached hydrogens (tertiary/aromatic N) is 1. The van der Waals surface area contributed by atoms with Crippen molar-refractivity contribution in [3.05, 3.63) is 53.1 Å². The number of nitrogen functional groups attached to an aromatic ring is 1. The van der Waals surface area contributed by atoms with Crippen LogP contribution in [-0.4, -0.2) is 23.3 Å². The predicted octanol–water partition coefficient (Wildman–Crippen LogP) is 5.92. The Kier molecular flexibility index (Phi) is 9.73. The standard InChI is InChI=1S/C21H18F6N4O2S2/c22-20(23,24)15-9-13(2-1-12(15)11-28)30-18(32)5-7-34-35-8-6-19(33)31-14-3-4-17(29)16(10-14)21(25,26)27/h1-4,9-10H,5-8,29H2,(H,30,32)(H,31,33). The van der Waals surface area contributed by atoms with E-state index in [2.05, 4.69) is 10.6 Å². The Bertz CT molecular complexity index is 1120. The SMILES string of the molecule is N#Cc1ccc(NC(=O)CCSSCCC(=O)Nc2ccc(N)c(C(F)(F)F)c2)cc1C(F)(F)F. The minimum Gasteiger partial charge on any atom is -0.398 e. The summed E-state index contributed by atoms with van der Waals surface area (Å²) in [6, 6.07) is 7.37. The van der Waals surface area contributed by atoms with Gasteiger partial charge in [0.05, 0.1) is 22.8 Å². The molecule has 0 aromatic heterocycles. The number of anilines is 3. The van der Waals surface area contributed by atoms with Gasteiger partial charge < -0.3 is 16.4 Å². The summed E-state index contributed by atoms with van der Waals surface area (Å²) in [5, 5.41) is 13.5. The highest BCUT2D eigenvalue weighted by Crippen LogP contribution is 2.35. The van der Waals surface area contributed by atoms with Crippen LogP contribution in [0.15, 0.2) is 36.4 Å². The highest BCUT2D eigenvalue weighted by atomic mass is 33.1. The van der Waals surface area contributed by atoms with E-state index in [4.69, 9.17) is 11.0 Å². The Hall–Kier alpha value is -3.05. The highest BCUT2D eigenvalue weighted by molar-refractivity contribution is 8.76. The third-order valence-electron chi connectivity index (χ3n) is 4.28. The van der Waals surface area contributed by atoms with Crippen molar-refractivity contribution in [2.75, 3.05) is 27.9 Å². The maximum Gasteiger partial charge on any atom is 0.418 e. The van der Waals surface area contributed by atoms with Crippen molar-refractivity contribution in [1.82, 2.24) is 0 Å². The third-order valence-corrected chi connectivity index (χ3v) is 6.69. The number of carbonyl (C=O) groups excluding carboxylic acids is 2. The van der Waals surface area contributed by atoms with Gasteiger partial charge in [-0.25, -0.2) is 0 Å². The zero-order chi connectivity index (χ0) is 26.2. The van der Waals surface area contributed by atoms with Crippen molar-refractivity contribution in [2.45, 2.75) is 25.2 Å². The number of hydrogen-bond acceptors (Lipinski definition) is 6. The fourth-order valence-electron chi connectivity index (χ4n) is 2.67. The van der Waals surface area contributed by atoms with E-state index in [1.165, 1.54) is 39.8 Å². The zero-order valence-electron chi connectivity index (χ0n) is 17.7. The van der Waals surface area contributed by atoms with Crippen LogP contribution in [0, 0.1) is 11.3 Å². The van der Waals surface area contributed by atoms with Crippen LogP contribution >= 0.6 is 21.6 Å². The number of nitrogens with one attached hydrogen (secondary N) is 2. The summed E-state index contributed by atoms with van der Waals surface area (Å²) in [5.74, 6) is -0.426.